The molecule has 0 unspecified atom stereocenters. The van der Waals surface area contributed by atoms with Gasteiger partial charge in [-0.15, -0.1) is 21.5 Å². The lowest BCUT2D eigenvalue weighted by atomic mass is 10.3. The Labute approximate surface area is 165 Å². The van der Waals surface area contributed by atoms with Crippen LogP contribution in [0.2, 0.25) is 0 Å². The molecule has 2 N–H and O–H groups in total. The quantitative estimate of drug-likeness (QED) is 0.619. The van der Waals surface area contributed by atoms with Crippen LogP contribution in [0.1, 0.15) is 13.8 Å². The molecule has 0 saturated heterocycles. The third-order valence-corrected chi connectivity index (χ3v) is 5.52. The van der Waals surface area contributed by atoms with Crippen molar-refractivity contribution in [1.82, 2.24) is 25.4 Å². The fourth-order valence-corrected chi connectivity index (χ4v) is 3.92. The summed E-state index contributed by atoms with van der Waals surface area (Å²) < 4.78 is 1.92. The molecule has 0 aliphatic rings. The SMILES string of the molecule is CCNC(=O)NC(=O)[C@H](C)Sc1nnc(-c2cccs2)n1-c1ccccc1. The smallest absolute Gasteiger partial charge is 0.321 e. The van der Waals surface area contributed by atoms with E-state index in [1.54, 1.807) is 25.2 Å². The van der Waals surface area contributed by atoms with Gasteiger partial charge in [-0.05, 0) is 37.4 Å². The molecule has 0 aliphatic carbocycles. The van der Waals surface area contributed by atoms with E-state index in [9.17, 15) is 9.59 Å². The Balaban J connectivity index is 1.87. The Hall–Kier alpha value is -2.65. The van der Waals surface area contributed by atoms with Gasteiger partial charge in [0.15, 0.2) is 11.0 Å². The molecule has 3 aromatic rings. The van der Waals surface area contributed by atoms with E-state index in [1.807, 2.05) is 52.4 Å². The Morgan fingerprint density at radius 3 is 2.63 bits per heavy atom. The second-order valence-corrected chi connectivity index (χ2v) is 7.82. The maximum Gasteiger partial charge on any atom is 0.321 e. The summed E-state index contributed by atoms with van der Waals surface area (Å²) >= 11 is 2.83. The van der Waals surface area contributed by atoms with E-state index in [0.717, 1.165) is 16.4 Å². The number of thiophene rings is 1. The van der Waals surface area contributed by atoms with E-state index in [1.165, 1.54) is 11.8 Å². The summed E-state index contributed by atoms with van der Waals surface area (Å²) in [7, 11) is 0. The molecule has 0 bridgehead atoms. The molecule has 0 radical (unpaired) electrons. The average Bonchev–Trinajstić information content (AvgIpc) is 3.32. The highest BCUT2D eigenvalue weighted by atomic mass is 32.2. The summed E-state index contributed by atoms with van der Waals surface area (Å²) in [4.78, 5) is 24.8. The van der Waals surface area contributed by atoms with Gasteiger partial charge in [0.2, 0.25) is 5.91 Å². The number of rotatable bonds is 6. The molecule has 9 heteroatoms. The molecule has 3 rings (SSSR count). The molecular weight excluding hydrogens is 382 g/mol. The van der Waals surface area contributed by atoms with E-state index >= 15 is 0 Å². The van der Waals surface area contributed by atoms with Gasteiger partial charge in [-0.3, -0.25) is 14.7 Å². The van der Waals surface area contributed by atoms with E-state index in [0.29, 0.717) is 11.7 Å². The molecule has 2 heterocycles. The van der Waals surface area contributed by atoms with E-state index in [2.05, 4.69) is 20.8 Å². The number of nitrogens with one attached hydrogen (secondary N) is 2. The maximum atomic E-state index is 12.3. The first-order valence-electron chi connectivity index (χ1n) is 8.40. The van der Waals surface area contributed by atoms with Crippen molar-refractivity contribution in [1.29, 1.82) is 0 Å². The highest BCUT2D eigenvalue weighted by Crippen LogP contribution is 2.31. The topological polar surface area (TPSA) is 88.9 Å². The van der Waals surface area contributed by atoms with Crippen LogP contribution in [-0.2, 0) is 4.79 Å². The first-order valence-corrected chi connectivity index (χ1v) is 10.2. The van der Waals surface area contributed by atoms with Crippen molar-refractivity contribution in [2.24, 2.45) is 0 Å². The van der Waals surface area contributed by atoms with Crippen LogP contribution in [-0.4, -0.2) is 38.5 Å². The molecule has 0 fully saturated rings. The second-order valence-electron chi connectivity index (χ2n) is 5.56. The molecule has 27 heavy (non-hydrogen) atoms. The third kappa shape index (κ3) is 4.55. The number of thioether (sulfide) groups is 1. The van der Waals surface area contributed by atoms with Gasteiger partial charge in [-0.25, -0.2) is 4.79 Å². The zero-order valence-corrected chi connectivity index (χ0v) is 16.5. The van der Waals surface area contributed by atoms with E-state index in [-0.39, 0.29) is 5.91 Å². The number of carbonyl (C=O) groups excluding carboxylic acids is 2. The van der Waals surface area contributed by atoms with Crippen LogP contribution in [0.25, 0.3) is 16.4 Å². The number of amides is 3. The molecule has 1 aromatic carbocycles. The number of nitrogens with zero attached hydrogens (tertiary/aromatic N) is 3. The van der Waals surface area contributed by atoms with Crippen molar-refractivity contribution >= 4 is 35.0 Å². The minimum absolute atomic E-state index is 0.383. The van der Waals surface area contributed by atoms with Crippen molar-refractivity contribution in [3.8, 4) is 16.4 Å². The van der Waals surface area contributed by atoms with Gasteiger partial charge in [0.1, 0.15) is 0 Å². The molecule has 3 amide bonds. The maximum absolute atomic E-state index is 12.3. The van der Waals surface area contributed by atoms with E-state index in [4.69, 9.17) is 0 Å². The van der Waals surface area contributed by atoms with Crippen molar-refractivity contribution in [3.05, 3.63) is 47.8 Å². The number of benzene rings is 1. The van der Waals surface area contributed by atoms with Gasteiger partial charge in [-0.2, -0.15) is 0 Å². The zero-order valence-electron chi connectivity index (χ0n) is 14.9. The minimum Gasteiger partial charge on any atom is -0.338 e. The third-order valence-electron chi connectivity index (χ3n) is 3.61. The highest BCUT2D eigenvalue weighted by Gasteiger charge is 2.23. The van der Waals surface area contributed by atoms with Gasteiger partial charge >= 0.3 is 6.03 Å². The molecule has 0 aliphatic heterocycles. The van der Waals surface area contributed by atoms with Gasteiger partial charge < -0.3 is 5.32 Å². The van der Waals surface area contributed by atoms with Crippen LogP contribution in [0.5, 0.6) is 0 Å². The Morgan fingerprint density at radius 2 is 1.96 bits per heavy atom. The van der Waals surface area contributed by atoms with Crippen molar-refractivity contribution in [2.45, 2.75) is 24.3 Å². The second kappa shape index (κ2) is 8.83. The van der Waals surface area contributed by atoms with Gasteiger partial charge in [0, 0.05) is 12.2 Å². The molecule has 140 valence electrons. The number of hydrogen-bond acceptors (Lipinski definition) is 6. The minimum atomic E-state index is -0.518. The predicted molar refractivity (Wildman–Crippen MR) is 107 cm³/mol. The number of carbonyl (C=O) groups is 2. The molecule has 2 aromatic heterocycles. The predicted octanol–water partition coefficient (Wildman–Crippen LogP) is 3.32. The van der Waals surface area contributed by atoms with Gasteiger partial charge in [-0.1, -0.05) is 36.0 Å². The lowest BCUT2D eigenvalue weighted by Gasteiger charge is -2.13. The van der Waals surface area contributed by atoms with Crippen molar-refractivity contribution < 1.29 is 9.59 Å². The first kappa shape index (κ1) is 19.1. The average molecular weight is 402 g/mol. The Morgan fingerprint density at radius 1 is 1.19 bits per heavy atom. The summed E-state index contributed by atoms with van der Waals surface area (Å²) in [6.45, 7) is 3.97. The van der Waals surface area contributed by atoms with Gasteiger partial charge in [0.25, 0.3) is 0 Å². The summed E-state index contributed by atoms with van der Waals surface area (Å²) in [6.07, 6.45) is 0. The van der Waals surface area contributed by atoms with Crippen LogP contribution in [0.15, 0.2) is 53.0 Å². The fourth-order valence-electron chi connectivity index (χ4n) is 2.35. The lowest BCUT2D eigenvalue weighted by Crippen LogP contribution is -2.42. The number of hydrogen-bond donors (Lipinski definition) is 2. The Bertz CT molecular complexity index is 909. The number of aromatic nitrogens is 3. The molecule has 0 spiro atoms. The number of imide groups is 1. The fraction of sp³-hybridized carbons (Fsp3) is 0.222. The molecular formula is C18H19N5O2S2. The molecule has 1 atom stereocenters. The lowest BCUT2D eigenvalue weighted by molar-refractivity contribution is -0.119. The zero-order chi connectivity index (χ0) is 19.2. The van der Waals surface area contributed by atoms with Crippen LogP contribution in [0.4, 0.5) is 4.79 Å². The molecule has 7 nitrogen and oxygen atoms in total. The number of urea groups is 1. The van der Waals surface area contributed by atoms with E-state index < -0.39 is 11.3 Å². The van der Waals surface area contributed by atoms with Crippen LogP contribution < -0.4 is 10.6 Å². The van der Waals surface area contributed by atoms with Crippen molar-refractivity contribution in [2.75, 3.05) is 6.54 Å². The monoisotopic (exact) mass is 401 g/mol. The van der Waals surface area contributed by atoms with Gasteiger partial charge in [0.05, 0.1) is 10.1 Å². The van der Waals surface area contributed by atoms with Crippen LogP contribution >= 0.6 is 23.1 Å². The Kier molecular flexibility index (Phi) is 6.25. The normalized spacial score (nSPS) is 11.8. The standard InChI is InChI=1S/C18H19N5O2S2/c1-3-19-17(25)20-16(24)12(2)27-18-22-21-15(14-10-7-11-26-14)23(18)13-8-5-4-6-9-13/h4-12H,3H2,1-2H3,(H2,19,20,24,25)/t12-/m0/s1. The largest absolute Gasteiger partial charge is 0.338 e. The molecule has 0 saturated carbocycles. The summed E-state index contributed by atoms with van der Waals surface area (Å²) in [5, 5.41) is 15.5. The summed E-state index contributed by atoms with van der Waals surface area (Å²) in [6, 6.07) is 13.2. The summed E-state index contributed by atoms with van der Waals surface area (Å²) in [5.41, 5.74) is 0.907. The van der Waals surface area contributed by atoms with Crippen molar-refractivity contribution in [3.63, 3.8) is 0 Å². The van der Waals surface area contributed by atoms with Crippen LogP contribution in [0.3, 0.4) is 0 Å². The number of para-hydroxylation sites is 1. The highest BCUT2D eigenvalue weighted by molar-refractivity contribution is 8.00. The summed E-state index contributed by atoms with van der Waals surface area (Å²) in [5.74, 6) is 0.335. The first-order chi connectivity index (χ1) is 13.1. The van der Waals surface area contributed by atoms with Crippen LogP contribution in [0, 0.1) is 0 Å².